The lowest BCUT2D eigenvalue weighted by molar-refractivity contribution is -0.120. The van der Waals surface area contributed by atoms with Gasteiger partial charge in [-0.25, -0.2) is 8.42 Å². The molecule has 2 aromatic carbocycles. The molecule has 0 heterocycles. The zero-order chi connectivity index (χ0) is 18.6. The van der Waals surface area contributed by atoms with Crippen molar-refractivity contribution >= 4 is 27.3 Å². The zero-order valence-electron chi connectivity index (χ0n) is 14.8. The van der Waals surface area contributed by atoms with Gasteiger partial charge < -0.3 is 9.64 Å². The van der Waals surface area contributed by atoms with Crippen LogP contribution >= 0.6 is 0 Å². The Morgan fingerprint density at radius 1 is 0.960 bits per heavy atom. The molecule has 0 N–H and O–H groups in total. The van der Waals surface area contributed by atoms with Crippen LogP contribution in [-0.4, -0.2) is 41.3 Å². The third kappa shape index (κ3) is 4.96. The van der Waals surface area contributed by atoms with Gasteiger partial charge in [-0.05, 0) is 43.3 Å². The van der Waals surface area contributed by atoms with E-state index < -0.39 is 10.0 Å². The molecule has 0 saturated heterocycles. The summed E-state index contributed by atoms with van der Waals surface area (Å²) >= 11 is 0. The van der Waals surface area contributed by atoms with E-state index >= 15 is 0 Å². The molecule has 25 heavy (non-hydrogen) atoms. The summed E-state index contributed by atoms with van der Waals surface area (Å²) in [6, 6.07) is 14.2. The molecule has 0 aliphatic heterocycles. The lowest BCUT2D eigenvalue weighted by atomic mass is 10.2. The largest absolute Gasteiger partial charge is 0.484 e. The first-order valence-electron chi connectivity index (χ1n) is 7.68. The van der Waals surface area contributed by atoms with Crippen LogP contribution in [0.25, 0.3) is 0 Å². The number of sulfonamides is 1. The topological polar surface area (TPSA) is 66.9 Å². The zero-order valence-corrected chi connectivity index (χ0v) is 15.6. The van der Waals surface area contributed by atoms with E-state index in [4.69, 9.17) is 4.74 Å². The molecule has 0 aliphatic carbocycles. The molecular formula is C18H22N2O4S. The second-order valence-electron chi connectivity index (χ2n) is 5.80. The number of ether oxygens (including phenoxy) is 1. The van der Waals surface area contributed by atoms with Gasteiger partial charge in [0.25, 0.3) is 5.91 Å². The Kier molecular flexibility index (Phi) is 5.69. The van der Waals surface area contributed by atoms with E-state index in [1.807, 2.05) is 31.2 Å². The van der Waals surface area contributed by atoms with Gasteiger partial charge in [0, 0.05) is 19.8 Å². The molecule has 0 fully saturated rings. The highest BCUT2D eigenvalue weighted by Crippen LogP contribution is 2.21. The SMILES string of the molecule is Cc1ccc(OCC(=O)N(C)c2ccc(N(C)S(C)(=O)=O)cc2)cc1. The van der Waals surface area contributed by atoms with E-state index in [-0.39, 0.29) is 12.5 Å². The predicted molar refractivity (Wildman–Crippen MR) is 99.8 cm³/mol. The van der Waals surface area contributed by atoms with E-state index in [1.165, 1.54) is 16.3 Å². The first-order chi connectivity index (χ1) is 11.7. The lowest BCUT2D eigenvalue weighted by Crippen LogP contribution is -2.31. The number of aryl methyl sites for hydroxylation is 1. The van der Waals surface area contributed by atoms with Crippen LogP contribution in [0.15, 0.2) is 48.5 Å². The van der Waals surface area contributed by atoms with Crippen LogP contribution in [0.4, 0.5) is 11.4 Å². The maximum atomic E-state index is 12.3. The Bertz CT molecular complexity index is 830. The van der Waals surface area contributed by atoms with Gasteiger partial charge in [-0.2, -0.15) is 0 Å². The fourth-order valence-electron chi connectivity index (χ4n) is 2.10. The number of rotatable bonds is 6. The van der Waals surface area contributed by atoms with Gasteiger partial charge in [0.05, 0.1) is 11.9 Å². The summed E-state index contributed by atoms with van der Waals surface area (Å²) in [4.78, 5) is 13.7. The highest BCUT2D eigenvalue weighted by atomic mass is 32.2. The van der Waals surface area contributed by atoms with Crippen molar-refractivity contribution in [2.45, 2.75) is 6.92 Å². The van der Waals surface area contributed by atoms with E-state index in [1.54, 1.807) is 31.3 Å². The van der Waals surface area contributed by atoms with Crippen molar-refractivity contribution < 1.29 is 17.9 Å². The van der Waals surface area contributed by atoms with E-state index in [2.05, 4.69) is 0 Å². The molecule has 0 saturated carbocycles. The number of hydrogen-bond acceptors (Lipinski definition) is 4. The van der Waals surface area contributed by atoms with Gasteiger partial charge in [0.1, 0.15) is 5.75 Å². The molecule has 134 valence electrons. The molecule has 2 rings (SSSR count). The highest BCUT2D eigenvalue weighted by Gasteiger charge is 2.14. The van der Waals surface area contributed by atoms with Crippen LogP contribution < -0.4 is 13.9 Å². The number of likely N-dealkylation sites (N-methyl/N-ethyl adjacent to an activating group) is 1. The summed E-state index contributed by atoms with van der Waals surface area (Å²) < 4.78 is 29.8. The van der Waals surface area contributed by atoms with Crippen molar-refractivity contribution in [3.63, 3.8) is 0 Å². The molecule has 0 bridgehead atoms. The van der Waals surface area contributed by atoms with E-state index in [9.17, 15) is 13.2 Å². The van der Waals surface area contributed by atoms with Crippen LogP contribution in [0.2, 0.25) is 0 Å². The molecule has 0 aromatic heterocycles. The number of amides is 1. The van der Waals surface area contributed by atoms with Gasteiger partial charge in [0.15, 0.2) is 6.61 Å². The number of nitrogens with zero attached hydrogens (tertiary/aromatic N) is 2. The Morgan fingerprint density at radius 2 is 1.48 bits per heavy atom. The minimum Gasteiger partial charge on any atom is -0.484 e. The van der Waals surface area contributed by atoms with Gasteiger partial charge in [0.2, 0.25) is 10.0 Å². The predicted octanol–water partition coefficient (Wildman–Crippen LogP) is 2.43. The standard InChI is InChI=1S/C18H22N2O4S/c1-14-5-11-17(12-6-14)24-13-18(21)19(2)15-7-9-16(10-8-15)20(3)25(4,22)23/h5-12H,13H2,1-4H3. The minimum absolute atomic E-state index is 0.0788. The number of anilines is 2. The molecule has 1 amide bonds. The molecule has 0 atom stereocenters. The fourth-order valence-corrected chi connectivity index (χ4v) is 2.60. The molecule has 6 nitrogen and oxygen atoms in total. The van der Waals surface area contributed by atoms with Crippen molar-refractivity contribution in [1.82, 2.24) is 0 Å². The third-order valence-corrected chi connectivity index (χ3v) is 5.06. The highest BCUT2D eigenvalue weighted by molar-refractivity contribution is 7.92. The number of benzene rings is 2. The summed E-state index contributed by atoms with van der Waals surface area (Å²) in [6.45, 7) is 1.90. The van der Waals surface area contributed by atoms with Crippen LogP contribution in [0.1, 0.15) is 5.56 Å². The first-order valence-corrected chi connectivity index (χ1v) is 9.53. The van der Waals surface area contributed by atoms with Gasteiger partial charge in [-0.15, -0.1) is 0 Å². The van der Waals surface area contributed by atoms with Gasteiger partial charge >= 0.3 is 0 Å². The number of hydrogen-bond donors (Lipinski definition) is 0. The fraction of sp³-hybridized carbons (Fsp3) is 0.278. The van der Waals surface area contributed by atoms with E-state index in [0.29, 0.717) is 17.1 Å². The van der Waals surface area contributed by atoms with Crippen LogP contribution in [-0.2, 0) is 14.8 Å². The maximum Gasteiger partial charge on any atom is 0.264 e. The Labute approximate surface area is 148 Å². The average Bonchev–Trinajstić information content (AvgIpc) is 2.59. The lowest BCUT2D eigenvalue weighted by Gasteiger charge is -2.20. The second-order valence-corrected chi connectivity index (χ2v) is 7.82. The van der Waals surface area contributed by atoms with Gasteiger partial charge in [-0.1, -0.05) is 17.7 Å². The minimum atomic E-state index is -3.31. The summed E-state index contributed by atoms with van der Waals surface area (Å²) in [6.07, 6.45) is 1.14. The Morgan fingerprint density at radius 3 is 2.00 bits per heavy atom. The summed E-state index contributed by atoms with van der Waals surface area (Å²) in [5, 5.41) is 0. The molecule has 0 unspecified atom stereocenters. The normalized spacial score (nSPS) is 11.0. The third-order valence-electron chi connectivity index (χ3n) is 3.86. The summed E-state index contributed by atoms with van der Waals surface area (Å²) in [5.41, 5.74) is 2.31. The maximum absolute atomic E-state index is 12.3. The summed E-state index contributed by atoms with van der Waals surface area (Å²) in [7, 11) is -0.185. The van der Waals surface area contributed by atoms with Crippen LogP contribution in [0, 0.1) is 6.92 Å². The van der Waals surface area contributed by atoms with Crippen LogP contribution in [0.5, 0.6) is 5.75 Å². The number of carbonyl (C=O) groups excluding carboxylic acids is 1. The Balaban J connectivity index is 2.00. The van der Waals surface area contributed by atoms with Crippen molar-refractivity contribution in [2.75, 3.05) is 36.2 Å². The average molecular weight is 362 g/mol. The smallest absolute Gasteiger partial charge is 0.264 e. The van der Waals surface area contributed by atoms with Gasteiger partial charge in [-0.3, -0.25) is 9.10 Å². The molecule has 0 radical (unpaired) electrons. The van der Waals surface area contributed by atoms with Crippen molar-refractivity contribution in [2.24, 2.45) is 0 Å². The van der Waals surface area contributed by atoms with Crippen molar-refractivity contribution in [1.29, 1.82) is 0 Å². The van der Waals surface area contributed by atoms with Crippen molar-refractivity contribution in [3.05, 3.63) is 54.1 Å². The molecule has 7 heteroatoms. The molecule has 0 aliphatic rings. The molecular weight excluding hydrogens is 340 g/mol. The molecule has 0 spiro atoms. The van der Waals surface area contributed by atoms with E-state index in [0.717, 1.165) is 11.8 Å². The van der Waals surface area contributed by atoms with Crippen molar-refractivity contribution in [3.8, 4) is 5.75 Å². The Hall–Kier alpha value is -2.54. The number of carbonyl (C=O) groups is 1. The summed E-state index contributed by atoms with van der Waals surface area (Å²) in [5.74, 6) is 0.433. The molecule has 2 aromatic rings. The monoisotopic (exact) mass is 362 g/mol. The quantitative estimate of drug-likeness (QED) is 0.792. The first kappa shape index (κ1) is 18.8. The van der Waals surface area contributed by atoms with Crippen LogP contribution in [0.3, 0.4) is 0 Å². The second kappa shape index (κ2) is 7.57.